The van der Waals surface area contributed by atoms with Crippen molar-refractivity contribution in [2.24, 2.45) is 0 Å². The van der Waals surface area contributed by atoms with Crippen LogP contribution in [0, 0.1) is 0 Å². The van der Waals surface area contributed by atoms with Gasteiger partial charge in [0.15, 0.2) is 0 Å². The molecule has 0 aliphatic heterocycles. The molecule has 33 heavy (non-hydrogen) atoms. The number of carbonyl (C=O) groups excluding carboxylic acids is 1. The fourth-order valence-electron chi connectivity index (χ4n) is 4.18. The van der Waals surface area contributed by atoms with E-state index < -0.39 is 0 Å². The number of para-hydroxylation sites is 1. The average Bonchev–Trinajstić information content (AvgIpc) is 3.52. The second kappa shape index (κ2) is 9.44. The minimum absolute atomic E-state index is 0.0843. The lowest BCUT2D eigenvalue weighted by Gasteiger charge is -2.29. The van der Waals surface area contributed by atoms with E-state index in [1.54, 1.807) is 11.3 Å². The molecule has 0 spiro atoms. The number of anilines is 2. The second-order valence-corrected chi connectivity index (χ2v) is 10.3. The van der Waals surface area contributed by atoms with Gasteiger partial charge < -0.3 is 15.5 Å². The smallest absolute Gasteiger partial charge is 0.270 e. The van der Waals surface area contributed by atoms with Gasteiger partial charge in [-0.05, 0) is 49.3 Å². The molecule has 7 nitrogen and oxygen atoms in total. The molecule has 3 aromatic heterocycles. The molecule has 0 unspecified atom stereocenters. The van der Waals surface area contributed by atoms with Crippen molar-refractivity contribution in [3.05, 3.63) is 52.9 Å². The first-order chi connectivity index (χ1) is 16.1. The molecular formula is C24H26N6OS2. The first-order valence-electron chi connectivity index (χ1n) is 11.1. The van der Waals surface area contributed by atoms with Gasteiger partial charge in [0.1, 0.15) is 16.5 Å². The summed E-state index contributed by atoms with van der Waals surface area (Å²) in [5, 5.41) is 12.5. The van der Waals surface area contributed by atoms with Crippen LogP contribution in [0.2, 0.25) is 0 Å². The summed E-state index contributed by atoms with van der Waals surface area (Å²) in [7, 11) is 4.00. The molecule has 1 amide bonds. The van der Waals surface area contributed by atoms with Gasteiger partial charge in [0.05, 0.1) is 10.4 Å². The fourth-order valence-corrected chi connectivity index (χ4v) is 5.80. The summed E-state index contributed by atoms with van der Waals surface area (Å²) < 4.78 is 0. The molecular weight excluding hydrogens is 452 g/mol. The number of carbonyl (C=O) groups is 1. The van der Waals surface area contributed by atoms with E-state index in [4.69, 9.17) is 9.97 Å². The van der Waals surface area contributed by atoms with E-state index in [9.17, 15) is 4.79 Å². The number of amides is 1. The maximum Gasteiger partial charge on any atom is 0.270 e. The summed E-state index contributed by atoms with van der Waals surface area (Å²) in [6.45, 7) is 0. The van der Waals surface area contributed by atoms with Crippen LogP contribution in [0.4, 0.5) is 11.8 Å². The Bertz CT molecular complexity index is 1250. The lowest BCUT2D eigenvalue weighted by molar-refractivity contribution is 0.0922. The third-order valence-corrected chi connectivity index (χ3v) is 7.75. The van der Waals surface area contributed by atoms with Crippen LogP contribution in [0.5, 0.6) is 0 Å². The summed E-state index contributed by atoms with van der Waals surface area (Å²) >= 11 is 3.15. The highest BCUT2D eigenvalue weighted by atomic mass is 32.1. The highest BCUT2D eigenvalue weighted by molar-refractivity contribution is 7.20. The standard InChI is InChI=1S/C24H26N6OS2/c1-30(2)21-17-6-3-4-7-18(17)28-24(29-21)26-16-11-9-15(10-12-16)25-22(31)19-14-33-23(27-19)20-8-5-13-32-20/h3-8,13-16H,9-12H2,1-2H3,(H,25,31)(H,26,28,29)/t15-,16+. The summed E-state index contributed by atoms with van der Waals surface area (Å²) in [5.41, 5.74) is 1.44. The Kier molecular flexibility index (Phi) is 6.24. The Balaban J connectivity index is 1.18. The van der Waals surface area contributed by atoms with E-state index >= 15 is 0 Å². The van der Waals surface area contributed by atoms with Gasteiger partial charge in [-0.25, -0.2) is 9.97 Å². The second-order valence-electron chi connectivity index (χ2n) is 8.46. The van der Waals surface area contributed by atoms with Crippen LogP contribution in [-0.2, 0) is 0 Å². The Morgan fingerprint density at radius 2 is 1.76 bits per heavy atom. The number of thiophene rings is 1. The molecule has 4 aromatic rings. The average molecular weight is 479 g/mol. The van der Waals surface area contributed by atoms with Crippen LogP contribution in [0.15, 0.2) is 47.2 Å². The largest absolute Gasteiger partial charge is 0.362 e. The van der Waals surface area contributed by atoms with Gasteiger partial charge in [0.25, 0.3) is 5.91 Å². The number of aromatic nitrogens is 3. The number of thiazole rings is 1. The van der Waals surface area contributed by atoms with Crippen LogP contribution in [-0.4, -0.2) is 47.0 Å². The van der Waals surface area contributed by atoms with Gasteiger partial charge in [0, 0.05) is 36.9 Å². The van der Waals surface area contributed by atoms with Crippen LogP contribution in [0.1, 0.15) is 36.2 Å². The molecule has 9 heteroatoms. The van der Waals surface area contributed by atoms with E-state index in [0.29, 0.717) is 17.7 Å². The quantitative estimate of drug-likeness (QED) is 0.404. The minimum Gasteiger partial charge on any atom is -0.362 e. The van der Waals surface area contributed by atoms with Crippen LogP contribution < -0.4 is 15.5 Å². The van der Waals surface area contributed by atoms with Crippen molar-refractivity contribution in [1.82, 2.24) is 20.3 Å². The molecule has 0 saturated heterocycles. The zero-order chi connectivity index (χ0) is 22.8. The number of rotatable bonds is 6. The molecule has 5 rings (SSSR count). The van der Waals surface area contributed by atoms with Crippen LogP contribution in [0.25, 0.3) is 20.8 Å². The van der Waals surface area contributed by atoms with E-state index in [1.807, 2.05) is 66.2 Å². The highest BCUT2D eigenvalue weighted by Gasteiger charge is 2.24. The van der Waals surface area contributed by atoms with Crippen LogP contribution in [0.3, 0.4) is 0 Å². The van der Waals surface area contributed by atoms with Gasteiger partial charge in [-0.2, -0.15) is 4.98 Å². The molecule has 3 heterocycles. The van der Waals surface area contributed by atoms with E-state index in [1.165, 1.54) is 11.3 Å². The number of fused-ring (bicyclic) bond motifs is 1. The molecule has 1 fully saturated rings. The summed E-state index contributed by atoms with van der Waals surface area (Å²) in [5.74, 6) is 1.49. The van der Waals surface area contributed by atoms with Gasteiger partial charge in [-0.15, -0.1) is 22.7 Å². The van der Waals surface area contributed by atoms with Crippen molar-refractivity contribution in [2.75, 3.05) is 24.3 Å². The highest BCUT2D eigenvalue weighted by Crippen LogP contribution is 2.29. The number of hydrogen-bond donors (Lipinski definition) is 2. The monoisotopic (exact) mass is 478 g/mol. The molecule has 1 aliphatic carbocycles. The van der Waals surface area contributed by atoms with Crippen molar-refractivity contribution < 1.29 is 4.79 Å². The van der Waals surface area contributed by atoms with Gasteiger partial charge in [0.2, 0.25) is 5.95 Å². The van der Waals surface area contributed by atoms with Gasteiger partial charge >= 0.3 is 0 Å². The molecule has 170 valence electrons. The maximum atomic E-state index is 12.7. The Labute approximate surface area is 200 Å². The maximum absolute atomic E-state index is 12.7. The molecule has 0 radical (unpaired) electrons. The molecule has 1 aliphatic rings. The Morgan fingerprint density at radius 1 is 0.970 bits per heavy atom. The summed E-state index contributed by atoms with van der Waals surface area (Å²) in [6.07, 6.45) is 3.74. The number of nitrogens with zero attached hydrogens (tertiary/aromatic N) is 4. The number of nitrogens with one attached hydrogen (secondary N) is 2. The van der Waals surface area contributed by atoms with Crippen molar-refractivity contribution in [3.8, 4) is 9.88 Å². The summed E-state index contributed by atoms with van der Waals surface area (Å²) in [6, 6.07) is 12.6. The molecule has 0 atom stereocenters. The zero-order valence-electron chi connectivity index (χ0n) is 18.6. The first kappa shape index (κ1) is 21.8. The predicted octanol–water partition coefficient (Wildman–Crippen LogP) is 5.03. The normalized spacial score (nSPS) is 18.2. The van der Waals surface area contributed by atoms with E-state index in [2.05, 4.69) is 15.6 Å². The lowest BCUT2D eigenvalue weighted by Crippen LogP contribution is -2.40. The van der Waals surface area contributed by atoms with E-state index in [-0.39, 0.29) is 11.9 Å². The third kappa shape index (κ3) is 4.84. The molecule has 1 aromatic carbocycles. The van der Waals surface area contributed by atoms with Gasteiger partial charge in [-0.3, -0.25) is 4.79 Å². The Hall–Kier alpha value is -3.04. The van der Waals surface area contributed by atoms with Crippen LogP contribution >= 0.6 is 22.7 Å². The number of benzene rings is 1. The van der Waals surface area contributed by atoms with Crippen molar-refractivity contribution >= 4 is 51.2 Å². The first-order valence-corrected chi connectivity index (χ1v) is 12.8. The SMILES string of the molecule is CN(C)c1nc(N[C@H]2CC[C@@H](NC(=O)c3csc(-c4cccs4)n3)CC2)nc2ccccc12. The molecule has 0 bridgehead atoms. The third-order valence-electron chi connectivity index (χ3n) is 5.87. The topological polar surface area (TPSA) is 83.0 Å². The summed E-state index contributed by atoms with van der Waals surface area (Å²) in [4.78, 5) is 29.8. The van der Waals surface area contributed by atoms with Gasteiger partial charge in [-0.1, -0.05) is 18.2 Å². The van der Waals surface area contributed by atoms with Crippen molar-refractivity contribution in [3.63, 3.8) is 0 Å². The molecule has 2 N–H and O–H groups in total. The predicted molar refractivity (Wildman–Crippen MR) is 136 cm³/mol. The molecule has 1 saturated carbocycles. The Morgan fingerprint density at radius 3 is 2.52 bits per heavy atom. The lowest BCUT2D eigenvalue weighted by atomic mass is 9.91. The fraction of sp³-hybridized carbons (Fsp3) is 0.333. The number of hydrogen-bond acceptors (Lipinski definition) is 8. The zero-order valence-corrected chi connectivity index (χ0v) is 20.2. The van der Waals surface area contributed by atoms with E-state index in [0.717, 1.165) is 52.3 Å². The minimum atomic E-state index is -0.0843. The van der Waals surface area contributed by atoms with Crippen molar-refractivity contribution in [1.29, 1.82) is 0 Å². The van der Waals surface area contributed by atoms with Crippen molar-refractivity contribution in [2.45, 2.75) is 37.8 Å².